The molecular weight excluding hydrogens is 310 g/mol. The lowest BCUT2D eigenvalue weighted by Gasteiger charge is -2.06. The molecule has 21 heavy (non-hydrogen) atoms. The van der Waals surface area contributed by atoms with Gasteiger partial charge in [0.1, 0.15) is 11.3 Å². The monoisotopic (exact) mass is 321 g/mol. The van der Waals surface area contributed by atoms with Gasteiger partial charge < -0.3 is 9.67 Å². The minimum Gasteiger partial charge on any atom is -0.481 e. The second kappa shape index (κ2) is 5.83. The third kappa shape index (κ3) is 3.06. The van der Waals surface area contributed by atoms with Crippen molar-refractivity contribution >= 4 is 40.1 Å². The molecule has 0 unspecified atom stereocenters. The van der Waals surface area contributed by atoms with E-state index in [1.54, 1.807) is 23.6 Å². The van der Waals surface area contributed by atoms with Crippen LogP contribution in [0.5, 0.6) is 0 Å². The van der Waals surface area contributed by atoms with E-state index in [2.05, 4.69) is 9.97 Å². The van der Waals surface area contributed by atoms with Gasteiger partial charge in [-0.15, -0.1) is 11.3 Å². The molecule has 0 aliphatic rings. The van der Waals surface area contributed by atoms with E-state index >= 15 is 0 Å². The molecule has 0 spiro atoms. The smallest absolute Gasteiger partial charge is 0.305 e. The molecule has 108 valence electrons. The zero-order chi connectivity index (χ0) is 14.8. The van der Waals surface area contributed by atoms with Crippen LogP contribution in [-0.2, 0) is 17.8 Å². The molecule has 0 radical (unpaired) electrons. The Morgan fingerprint density at radius 1 is 1.48 bits per heavy atom. The Labute approximate surface area is 129 Å². The van der Waals surface area contributed by atoms with Crippen molar-refractivity contribution in [2.24, 2.45) is 0 Å². The Balaban J connectivity index is 2.03. The highest BCUT2D eigenvalue weighted by atomic mass is 35.5. The topological polar surface area (TPSA) is 68.0 Å². The summed E-state index contributed by atoms with van der Waals surface area (Å²) in [6, 6.07) is 5.77. The molecule has 0 fully saturated rings. The molecule has 0 aliphatic heterocycles. The number of carbonyl (C=O) groups is 1. The summed E-state index contributed by atoms with van der Waals surface area (Å²) in [7, 11) is 0. The van der Waals surface area contributed by atoms with Crippen molar-refractivity contribution in [2.75, 3.05) is 0 Å². The van der Waals surface area contributed by atoms with Crippen LogP contribution in [0, 0.1) is 0 Å². The first kappa shape index (κ1) is 14.0. The van der Waals surface area contributed by atoms with E-state index < -0.39 is 5.97 Å². The van der Waals surface area contributed by atoms with Gasteiger partial charge in [-0.05, 0) is 17.5 Å². The van der Waals surface area contributed by atoms with Crippen LogP contribution < -0.4 is 0 Å². The first-order chi connectivity index (χ1) is 10.1. The molecule has 3 aromatic heterocycles. The molecule has 1 N–H and O–H groups in total. The van der Waals surface area contributed by atoms with E-state index in [0.29, 0.717) is 29.2 Å². The number of carboxylic acid groups (broad SMARTS) is 1. The van der Waals surface area contributed by atoms with Gasteiger partial charge in [-0.3, -0.25) is 4.79 Å². The SMILES string of the molecule is O=C(O)CCn1c(Cc2cccs2)nc2cc(Cl)cnc21. The number of nitrogens with zero attached hydrogens (tertiary/aromatic N) is 3. The maximum absolute atomic E-state index is 10.8. The summed E-state index contributed by atoms with van der Waals surface area (Å²) in [4.78, 5) is 20.9. The molecule has 3 rings (SSSR count). The Morgan fingerprint density at radius 2 is 2.33 bits per heavy atom. The van der Waals surface area contributed by atoms with Crippen LogP contribution >= 0.6 is 22.9 Å². The molecule has 0 atom stereocenters. The molecule has 0 aromatic carbocycles. The zero-order valence-electron chi connectivity index (χ0n) is 11.0. The van der Waals surface area contributed by atoms with Crippen molar-refractivity contribution in [3.8, 4) is 0 Å². The molecule has 0 saturated carbocycles. The summed E-state index contributed by atoms with van der Waals surface area (Å²) in [5.41, 5.74) is 1.37. The van der Waals surface area contributed by atoms with Gasteiger partial charge in [0, 0.05) is 24.0 Å². The van der Waals surface area contributed by atoms with Crippen molar-refractivity contribution < 1.29 is 9.90 Å². The minimum atomic E-state index is -0.840. The predicted octanol–water partition coefficient (Wildman–Crippen LogP) is 3.21. The molecular formula is C14H12ClN3O2S. The average Bonchev–Trinajstić information content (AvgIpc) is 3.04. The molecule has 7 heteroatoms. The maximum atomic E-state index is 10.8. The van der Waals surface area contributed by atoms with Gasteiger partial charge >= 0.3 is 5.97 Å². The number of aliphatic carboxylic acids is 1. The highest BCUT2D eigenvalue weighted by Crippen LogP contribution is 2.21. The molecule has 3 heterocycles. The predicted molar refractivity (Wildman–Crippen MR) is 81.9 cm³/mol. The van der Waals surface area contributed by atoms with E-state index in [9.17, 15) is 4.79 Å². The summed E-state index contributed by atoms with van der Waals surface area (Å²) in [5.74, 6) is -0.0312. The lowest BCUT2D eigenvalue weighted by atomic mass is 10.3. The number of pyridine rings is 1. The lowest BCUT2D eigenvalue weighted by Crippen LogP contribution is -2.09. The van der Waals surface area contributed by atoms with Gasteiger partial charge in [-0.2, -0.15) is 0 Å². The Kier molecular flexibility index (Phi) is 3.90. The number of fused-ring (bicyclic) bond motifs is 1. The van der Waals surface area contributed by atoms with Gasteiger partial charge in [0.2, 0.25) is 0 Å². The summed E-state index contributed by atoms with van der Waals surface area (Å²) in [6.45, 7) is 0.348. The van der Waals surface area contributed by atoms with E-state index in [0.717, 1.165) is 5.82 Å². The number of hydrogen-bond donors (Lipinski definition) is 1. The van der Waals surface area contributed by atoms with Crippen molar-refractivity contribution in [2.45, 2.75) is 19.4 Å². The first-order valence-electron chi connectivity index (χ1n) is 6.38. The molecule has 0 saturated heterocycles. The van der Waals surface area contributed by atoms with E-state index in [1.165, 1.54) is 4.88 Å². The lowest BCUT2D eigenvalue weighted by molar-refractivity contribution is -0.137. The minimum absolute atomic E-state index is 0.0349. The van der Waals surface area contributed by atoms with Crippen molar-refractivity contribution in [1.29, 1.82) is 0 Å². The number of rotatable bonds is 5. The van der Waals surface area contributed by atoms with Crippen LogP contribution in [-0.4, -0.2) is 25.6 Å². The van der Waals surface area contributed by atoms with E-state index in [1.807, 2.05) is 22.1 Å². The molecule has 0 aliphatic carbocycles. The average molecular weight is 322 g/mol. The second-order valence-electron chi connectivity index (χ2n) is 4.58. The molecule has 3 aromatic rings. The number of hydrogen-bond acceptors (Lipinski definition) is 4. The highest BCUT2D eigenvalue weighted by molar-refractivity contribution is 7.09. The molecule has 5 nitrogen and oxygen atoms in total. The number of imidazole rings is 1. The quantitative estimate of drug-likeness (QED) is 0.783. The van der Waals surface area contributed by atoms with Crippen LogP contribution in [0.2, 0.25) is 5.02 Å². The Morgan fingerprint density at radius 3 is 3.05 bits per heavy atom. The fraction of sp³-hybridized carbons (Fsp3) is 0.214. The summed E-state index contributed by atoms with van der Waals surface area (Å²) in [6.07, 6.45) is 2.25. The molecule has 0 amide bonds. The third-order valence-corrected chi connectivity index (χ3v) is 4.18. The van der Waals surface area contributed by atoms with Gasteiger partial charge in [-0.1, -0.05) is 17.7 Å². The maximum Gasteiger partial charge on any atom is 0.305 e. The highest BCUT2D eigenvalue weighted by Gasteiger charge is 2.14. The van der Waals surface area contributed by atoms with Crippen LogP contribution in [0.1, 0.15) is 17.1 Å². The second-order valence-corrected chi connectivity index (χ2v) is 6.04. The number of carboxylic acids is 1. The normalized spacial score (nSPS) is 11.1. The Bertz CT molecular complexity index is 783. The number of aryl methyl sites for hydroxylation is 1. The van der Waals surface area contributed by atoms with Crippen molar-refractivity contribution in [3.63, 3.8) is 0 Å². The fourth-order valence-corrected chi connectivity index (χ4v) is 3.03. The van der Waals surface area contributed by atoms with Crippen LogP contribution in [0.4, 0.5) is 0 Å². The summed E-state index contributed by atoms with van der Waals surface area (Å²) < 4.78 is 1.86. The standard InChI is InChI=1S/C14H12ClN3O2S/c15-9-6-11-14(16-8-9)18(4-3-13(19)20)12(17-11)7-10-2-1-5-21-10/h1-2,5-6,8H,3-4,7H2,(H,19,20). The van der Waals surface area contributed by atoms with Crippen molar-refractivity contribution in [1.82, 2.24) is 14.5 Å². The Hall–Kier alpha value is -1.92. The molecule has 0 bridgehead atoms. The van der Waals surface area contributed by atoms with Crippen molar-refractivity contribution in [3.05, 3.63) is 45.5 Å². The van der Waals surface area contributed by atoms with E-state index in [-0.39, 0.29) is 6.42 Å². The van der Waals surface area contributed by atoms with Gasteiger partial charge in [0.05, 0.1) is 11.4 Å². The van der Waals surface area contributed by atoms with E-state index in [4.69, 9.17) is 16.7 Å². The number of thiophene rings is 1. The number of aromatic nitrogens is 3. The van der Waals surface area contributed by atoms with Crippen LogP contribution in [0.3, 0.4) is 0 Å². The van der Waals surface area contributed by atoms with Gasteiger partial charge in [0.25, 0.3) is 0 Å². The summed E-state index contributed by atoms with van der Waals surface area (Å²) in [5, 5.41) is 11.4. The van der Waals surface area contributed by atoms with Crippen LogP contribution in [0.25, 0.3) is 11.2 Å². The van der Waals surface area contributed by atoms with Gasteiger partial charge in [0.15, 0.2) is 5.65 Å². The third-order valence-electron chi connectivity index (χ3n) is 3.09. The van der Waals surface area contributed by atoms with Gasteiger partial charge in [-0.25, -0.2) is 9.97 Å². The first-order valence-corrected chi connectivity index (χ1v) is 7.64. The summed E-state index contributed by atoms with van der Waals surface area (Å²) >= 11 is 7.59. The largest absolute Gasteiger partial charge is 0.481 e. The van der Waals surface area contributed by atoms with Crippen LogP contribution in [0.15, 0.2) is 29.8 Å². The fourth-order valence-electron chi connectivity index (χ4n) is 2.18. The number of halogens is 1. The zero-order valence-corrected chi connectivity index (χ0v) is 12.6.